The number of aliphatic hydroxyl groups is 1. The minimum Gasteiger partial charge on any atom is -0.395 e. The van der Waals surface area contributed by atoms with E-state index in [1.165, 1.54) is 4.90 Å². The Balaban J connectivity index is 4.14. The van der Waals surface area contributed by atoms with E-state index in [0.717, 1.165) is 0 Å². The predicted molar refractivity (Wildman–Crippen MR) is 45.3 cm³/mol. The Morgan fingerprint density at radius 2 is 1.92 bits per heavy atom. The van der Waals surface area contributed by atoms with Gasteiger partial charge in [-0.25, -0.2) is 0 Å². The van der Waals surface area contributed by atoms with E-state index in [1.807, 2.05) is 0 Å². The molecule has 6 heteroatoms. The average molecular weight is 197 g/mol. The van der Waals surface area contributed by atoms with Gasteiger partial charge in [-0.3, -0.25) is 9.45 Å². The SMILES string of the molecule is CC(C)N(CCO)CS(=O)(=O)O. The highest BCUT2D eigenvalue weighted by Crippen LogP contribution is 1.99. The molecule has 2 N–H and O–H groups in total. The first kappa shape index (κ1) is 11.8. The molecule has 0 saturated heterocycles. The van der Waals surface area contributed by atoms with E-state index in [4.69, 9.17) is 9.66 Å². The van der Waals surface area contributed by atoms with Gasteiger partial charge in [0.05, 0.1) is 6.61 Å². The molecule has 0 rings (SSSR count). The Labute approximate surface area is 72.7 Å². The Morgan fingerprint density at radius 3 is 2.17 bits per heavy atom. The third-order valence-corrected chi connectivity index (χ3v) is 2.10. The van der Waals surface area contributed by atoms with E-state index in [-0.39, 0.29) is 19.2 Å². The quantitative estimate of drug-likeness (QED) is 0.583. The Kier molecular flexibility index (Phi) is 4.69. The summed E-state index contributed by atoms with van der Waals surface area (Å²) >= 11 is 0. The summed E-state index contributed by atoms with van der Waals surface area (Å²) in [6.07, 6.45) is 0. The van der Waals surface area contributed by atoms with E-state index in [0.29, 0.717) is 0 Å². The van der Waals surface area contributed by atoms with Crippen LogP contribution in [0, 0.1) is 0 Å². The van der Waals surface area contributed by atoms with Gasteiger partial charge in [0.1, 0.15) is 5.88 Å². The molecule has 0 heterocycles. The van der Waals surface area contributed by atoms with Gasteiger partial charge in [-0.15, -0.1) is 0 Å². The van der Waals surface area contributed by atoms with E-state index in [2.05, 4.69) is 0 Å². The molecule has 0 radical (unpaired) electrons. The highest BCUT2D eigenvalue weighted by atomic mass is 32.2. The first-order chi connectivity index (χ1) is 5.37. The predicted octanol–water partition coefficient (Wildman–Crippen LogP) is -0.466. The molecule has 0 aromatic rings. The maximum atomic E-state index is 10.5. The molecule has 0 amide bonds. The van der Waals surface area contributed by atoms with Crippen LogP contribution in [0.25, 0.3) is 0 Å². The molecule has 0 aliphatic heterocycles. The van der Waals surface area contributed by atoms with Gasteiger partial charge in [-0.1, -0.05) is 0 Å². The van der Waals surface area contributed by atoms with E-state index >= 15 is 0 Å². The van der Waals surface area contributed by atoms with Gasteiger partial charge in [0, 0.05) is 12.6 Å². The Morgan fingerprint density at radius 1 is 1.42 bits per heavy atom. The molecular formula is C6H15NO4S. The van der Waals surface area contributed by atoms with Gasteiger partial charge in [-0.05, 0) is 13.8 Å². The summed E-state index contributed by atoms with van der Waals surface area (Å²) in [5, 5.41) is 8.56. The first-order valence-electron chi connectivity index (χ1n) is 3.67. The van der Waals surface area contributed by atoms with Crippen LogP contribution in [0.2, 0.25) is 0 Å². The number of aliphatic hydroxyl groups excluding tert-OH is 1. The normalized spacial score (nSPS) is 12.8. The largest absolute Gasteiger partial charge is 0.395 e. The zero-order chi connectivity index (χ0) is 9.78. The van der Waals surface area contributed by atoms with Crippen molar-refractivity contribution in [1.82, 2.24) is 4.90 Å². The molecule has 0 fully saturated rings. The van der Waals surface area contributed by atoms with Gasteiger partial charge in [0.25, 0.3) is 10.1 Å². The van der Waals surface area contributed by atoms with Crippen LogP contribution in [0.15, 0.2) is 0 Å². The second-order valence-corrected chi connectivity index (χ2v) is 4.26. The number of hydrogen-bond acceptors (Lipinski definition) is 4. The van der Waals surface area contributed by atoms with Crippen LogP contribution in [0.1, 0.15) is 13.8 Å². The lowest BCUT2D eigenvalue weighted by atomic mass is 10.3. The van der Waals surface area contributed by atoms with Crippen molar-refractivity contribution >= 4 is 10.1 Å². The van der Waals surface area contributed by atoms with Crippen LogP contribution in [0.4, 0.5) is 0 Å². The Hall–Kier alpha value is -0.170. The van der Waals surface area contributed by atoms with Crippen molar-refractivity contribution in [2.24, 2.45) is 0 Å². The van der Waals surface area contributed by atoms with Crippen LogP contribution in [-0.4, -0.2) is 48.0 Å². The highest BCUT2D eigenvalue weighted by Gasteiger charge is 2.15. The minimum atomic E-state index is -3.98. The van der Waals surface area contributed by atoms with Crippen molar-refractivity contribution in [3.8, 4) is 0 Å². The molecule has 74 valence electrons. The first-order valence-corrected chi connectivity index (χ1v) is 5.28. The maximum Gasteiger partial charge on any atom is 0.278 e. The van der Waals surface area contributed by atoms with E-state index < -0.39 is 16.0 Å². The average Bonchev–Trinajstić information content (AvgIpc) is 1.83. The molecule has 0 unspecified atom stereocenters. The van der Waals surface area contributed by atoms with Crippen LogP contribution < -0.4 is 0 Å². The van der Waals surface area contributed by atoms with Crippen LogP contribution in [0.3, 0.4) is 0 Å². The molecule has 12 heavy (non-hydrogen) atoms. The monoisotopic (exact) mass is 197 g/mol. The highest BCUT2D eigenvalue weighted by molar-refractivity contribution is 7.85. The summed E-state index contributed by atoms with van der Waals surface area (Å²) in [7, 11) is -3.98. The zero-order valence-electron chi connectivity index (χ0n) is 7.27. The smallest absolute Gasteiger partial charge is 0.278 e. The maximum absolute atomic E-state index is 10.5. The zero-order valence-corrected chi connectivity index (χ0v) is 8.08. The Bertz CT molecular complexity index is 212. The summed E-state index contributed by atoms with van der Waals surface area (Å²) in [6, 6.07) is -0.0147. The molecule has 0 aromatic carbocycles. The third-order valence-electron chi connectivity index (χ3n) is 1.45. The van der Waals surface area contributed by atoms with Crippen LogP contribution in [-0.2, 0) is 10.1 Å². The van der Waals surface area contributed by atoms with Crippen LogP contribution >= 0.6 is 0 Å². The van der Waals surface area contributed by atoms with Gasteiger partial charge >= 0.3 is 0 Å². The second kappa shape index (κ2) is 4.76. The molecule has 0 saturated carbocycles. The number of nitrogens with zero attached hydrogens (tertiary/aromatic N) is 1. The topological polar surface area (TPSA) is 77.8 Å². The fourth-order valence-corrected chi connectivity index (χ4v) is 1.66. The summed E-state index contributed by atoms with van der Waals surface area (Å²) < 4.78 is 29.4. The van der Waals surface area contributed by atoms with Crippen LogP contribution in [0.5, 0.6) is 0 Å². The fourth-order valence-electron chi connectivity index (χ4n) is 0.810. The van der Waals surface area contributed by atoms with Crippen molar-refractivity contribution in [2.75, 3.05) is 19.0 Å². The molecule has 5 nitrogen and oxygen atoms in total. The number of rotatable bonds is 5. The standard InChI is InChI=1S/C6H15NO4S/c1-6(2)7(3-4-8)5-12(9,10)11/h6,8H,3-5H2,1-2H3,(H,9,10,11). The van der Waals surface area contributed by atoms with E-state index in [1.54, 1.807) is 13.8 Å². The molecule has 0 aromatic heterocycles. The van der Waals surface area contributed by atoms with Crippen molar-refractivity contribution in [3.05, 3.63) is 0 Å². The molecule has 0 atom stereocenters. The van der Waals surface area contributed by atoms with Gasteiger partial charge in [0.2, 0.25) is 0 Å². The summed E-state index contributed by atoms with van der Waals surface area (Å²) in [5.74, 6) is -0.425. The van der Waals surface area contributed by atoms with E-state index in [9.17, 15) is 8.42 Å². The summed E-state index contributed by atoms with van der Waals surface area (Å²) in [4.78, 5) is 1.47. The van der Waals surface area contributed by atoms with Gasteiger partial charge < -0.3 is 5.11 Å². The van der Waals surface area contributed by atoms with Crippen molar-refractivity contribution in [2.45, 2.75) is 19.9 Å². The van der Waals surface area contributed by atoms with Gasteiger partial charge in [-0.2, -0.15) is 8.42 Å². The fraction of sp³-hybridized carbons (Fsp3) is 1.00. The van der Waals surface area contributed by atoms with Crippen molar-refractivity contribution in [3.63, 3.8) is 0 Å². The van der Waals surface area contributed by atoms with Crippen molar-refractivity contribution < 1.29 is 18.1 Å². The second-order valence-electron chi connectivity index (χ2n) is 2.84. The lowest BCUT2D eigenvalue weighted by Crippen LogP contribution is -2.37. The third kappa shape index (κ3) is 5.48. The van der Waals surface area contributed by atoms with Crippen molar-refractivity contribution in [1.29, 1.82) is 0 Å². The molecule has 0 spiro atoms. The summed E-state index contributed by atoms with van der Waals surface area (Å²) in [5.41, 5.74) is 0. The van der Waals surface area contributed by atoms with Gasteiger partial charge in [0.15, 0.2) is 0 Å². The summed E-state index contributed by atoms with van der Waals surface area (Å²) in [6.45, 7) is 3.72. The minimum absolute atomic E-state index is 0.0147. The lowest BCUT2D eigenvalue weighted by Gasteiger charge is -2.23. The molecule has 0 aliphatic carbocycles. The molecule has 0 aliphatic rings. The molecular weight excluding hydrogens is 182 g/mol. The number of hydrogen-bond donors (Lipinski definition) is 2. The molecule has 0 bridgehead atoms. The lowest BCUT2D eigenvalue weighted by molar-refractivity contribution is 0.183.